The smallest absolute Gasteiger partial charge is 0.407 e. The van der Waals surface area contributed by atoms with Gasteiger partial charge in [-0.3, -0.25) is 4.79 Å². The van der Waals surface area contributed by atoms with E-state index in [1.54, 1.807) is 11.9 Å². The number of amides is 2. The topological polar surface area (TPSA) is 70.7 Å². The van der Waals surface area contributed by atoms with E-state index < -0.39 is 11.7 Å². The minimum absolute atomic E-state index is 0.0216. The van der Waals surface area contributed by atoms with Crippen LogP contribution < -0.4 is 10.6 Å². The number of carbonyl (C=O) groups excluding carboxylic acids is 2. The van der Waals surface area contributed by atoms with Crippen LogP contribution in [0.2, 0.25) is 0 Å². The highest BCUT2D eigenvalue weighted by Crippen LogP contribution is 2.06. The van der Waals surface area contributed by atoms with Crippen LogP contribution in [-0.4, -0.2) is 54.7 Å². The van der Waals surface area contributed by atoms with Gasteiger partial charge in [0.2, 0.25) is 5.91 Å². The van der Waals surface area contributed by atoms with Gasteiger partial charge in [-0.1, -0.05) is 0 Å². The largest absolute Gasteiger partial charge is 0.444 e. The van der Waals surface area contributed by atoms with E-state index in [1.165, 1.54) is 0 Å². The van der Waals surface area contributed by atoms with Crippen molar-refractivity contribution < 1.29 is 14.3 Å². The fraction of sp³-hybridized carbons (Fsp3) is 0.857. The zero-order chi connectivity index (χ0) is 15.9. The molecule has 0 saturated carbocycles. The Balaban J connectivity index is 4.08. The lowest BCUT2D eigenvalue weighted by molar-refractivity contribution is -0.131. The number of ether oxygens (including phenoxy) is 1. The third kappa shape index (κ3) is 7.99. The standard InChI is InChI=1S/C14H29N3O3/c1-8-17(7)12(18)11(3)16-10(2)9-15-13(19)20-14(4,5)6/h10-11,16H,8-9H2,1-7H3,(H,15,19). The highest BCUT2D eigenvalue weighted by molar-refractivity contribution is 5.81. The van der Waals surface area contributed by atoms with Gasteiger partial charge in [0.05, 0.1) is 6.04 Å². The zero-order valence-corrected chi connectivity index (χ0v) is 13.7. The summed E-state index contributed by atoms with van der Waals surface area (Å²) in [5.74, 6) is 0.0385. The first kappa shape index (κ1) is 18.7. The summed E-state index contributed by atoms with van der Waals surface area (Å²) < 4.78 is 5.14. The number of rotatable bonds is 6. The summed E-state index contributed by atoms with van der Waals surface area (Å²) in [7, 11) is 1.77. The molecule has 0 bridgehead atoms. The van der Waals surface area contributed by atoms with Crippen LogP contribution in [0.15, 0.2) is 0 Å². The number of nitrogens with zero attached hydrogens (tertiary/aromatic N) is 1. The van der Waals surface area contributed by atoms with Gasteiger partial charge in [-0.2, -0.15) is 0 Å². The lowest BCUT2D eigenvalue weighted by Crippen LogP contribution is -2.49. The quantitative estimate of drug-likeness (QED) is 0.774. The molecule has 6 heteroatoms. The molecule has 2 unspecified atom stereocenters. The molecule has 0 aromatic carbocycles. The van der Waals surface area contributed by atoms with Crippen molar-refractivity contribution in [2.75, 3.05) is 20.1 Å². The fourth-order valence-corrected chi connectivity index (χ4v) is 1.59. The molecule has 0 heterocycles. The number of nitrogens with one attached hydrogen (secondary N) is 2. The summed E-state index contributed by atoms with van der Waals surface area (Å²) in [5, 5.41) is 5.83. The van der Waals surface area contributed by atoms with E-state index >= 15 is 0 Å². The van der Waals surface area contributed by atoms with Crippen LogP contribution in [0.4, 0.5) is 4.79 Å². The maximum atomic E-state index is 11.9. The maximum Gasteiger partial charge on any atom is 0.407 e. The first-order chi connectivity index (χ1) is 9.06. The molecule has 0 rings (SSSR count). The molecule has 20 heavy (non-hydrogen) atoms. The summed E-state index contributed by atoms with van der Waals surface area (Å²) in [6.45, 7) is 12.2. The van der Waals surface area contributed by atoms with Crippen LogP contribution >= 0.6 is 0 Å². The van der Waals surface area contributed by atoms with Gasteiger partial charge in [-0.25, -0.2) is 4.79 Å². The van der Waals surface area contributed by atoms with Crippen LogP contribution in [0.1, 0.15) is 41.5 Å². The van der Waals surface area contributed by atoms with Crippen molar-refractivity contribution in [3.05, 3.63) is 0 Å². The second-order valence-electron chi connectivity index (χ2n) is 6.02. The average Bonchev–Trinajstić information content (AvgIpc) is 2.32. The summed E-state index contributed by atoms with van der Waals surface area (Å²) in [6, 6.07) is -0.304. The van der Waals surface area contributed by atoms with Crippen LogP contribution in [0.25, 0.3) is 0 Å². The normalized spacial score (nSPS) is 14.3. The molecule has 0 aliphatic rings. The van der Waals surface area contributed by atoms with Crippen molar-refractivity contribution >= 4 is 12.0 Å². The minimum atomic E-state index is -0.506. The number of hydrogen-bond donors (Lipinski definition) is 2. The monoisotopic (exact) mass is 287 g/mol. The number of likely N-dealkylation sites (N-methyl/N-ethyl adjacent to an activating group) is 1. The van der Waals surface area contributed by atoms with Crippen molar-refractivity contribution in [2.24, 2.45) is 0 Å². The molecule has 2 amide bonds. The molecule has 2 atom stereocenters. The first-order valence-corrected chi connectivity index (χ1v) is 7.04. The number of carbonyl (C=O) groups is 2. The molecular formula is C14H29N3O3. The summed E-state index contributed by atoms with van der Waals surface area (Å²) in [6.07, 6.45) is -0.448. The summed E-state index contributed by atoms with van der Waals surface area (Å²) in [4.78, 5) is 25.0. The molecule has 0 aliphatic heterocycles. The first-order valence-electron chi connectivity index (χ1n) is 7.04. The van der Waals surface area contributed by atoms with Crippen LogP contribution in [0.5, 0.6) is 0 Å². The Labute approximate surface area is 122 Å². The lowest BCUT2D eigenvalue weighted by atomic mass is 10.2. The minimum Gasteiger partial charge on any atom is -0.444 e. The van der Waals surface area contributed by atoms with Crippen molar-refractivity contribution in [1.29, 1.82) is 0 Å². The van der Waals surface area contributed by atoms with E-state index in [-0.39, 0.29) is 18.0 Å². The average molecular weight is 287 g/mol. The Bertz CT molecular complexity index is 326. The second kappa shape index (κ2) is 8.09. The Kier molecular flexibility index (Phi) is 7.57. The molecule has 0 aromatic rings. The molecule has 0 radical (unpaired) electrons. The van der Waals surface area contributed by atoms with Gasteiger partial charge in [0.15, 0.2) is 0 Å². The van der Waals surface area contributed by atoms with Gasteiger partial charge in [-0.15, -0.1) is 0 Å². The maximum absolute atomic E-state index is 11.9. The molecule has 118 valence electrons. The predicted molar refractivity (Wildman–Crippen MR) is 79.6 cm³/mol. The molecule has 0 aliphatic carbocycles. The SMILES string of the molecule is CCN(C)C(=O)C(C)NC(C)CNC(=O)OC(C)(C)C. The third-order valence-electron chi connectivity index (χ3n) is 2.71. The lowest BCUT2D eigenvalue weighted by Gasteiger charge is -2.25. The second-order valence-corrected chi connectivity index (χ2v) is 6.02. The van der Waals surface area contributed by atoms with Gasteiger partial charge in [0.1, 0.15) is 5.60 Å². The highest BCUT2D eigenvalue weighted by atomic mass is 16.6. The molecular weight excluding hydrogens is 258 g/mol. The van der Waals surface area contributed by atoms with Crippen LogP contribution in [0.3, 0.4) is 0 Å². The summed E-state index contributed by atoms with van der Waals surface area (Å²) in [5.41, 5.74) is -0.506. The van der Waals surface area contributed by atoms with Crippen LogP contribution in [-0.2, 0) is 9.53 Å². The molecule has 0 spiro atoms. The fourth-order valence-electron chi connectivity index (χ4n) is 1.59. The third-order valence-corrected chi connectivity index (χ3v) is 2.71. The number of hydrogen-bond acceptors (Lipinski definition) is 4. The van der Waals surface area contributed by atoms with Gasteiger partial charge in [0, 0.05) is 26.2 Å². The van der Waals surface area contributed by atoms with E-state index in [2.05, 4.69) is 10.6 Å². The van der Waals surface area contributed by atoms with Crippen molar-refractivity contribution in [1.82, 2.24) is 15.5 Å². The highest BCUT2D eigenvalue weighted by Gasteiger charge is 2.19. The molecule has 6 nitrogen and oxygen atoms in total. The van der Waals surface area contributed by atoms with Crippen LogP contribution in [0, 0.1) is 0 Å². The summed E-state index contributed by atoms with van der Waals surface area (Å²) >= 11 is 0. The van der Waals surface area contributed by atoms with E-state index in [0.29, 0.717) is 13.1 Å². The van der Waals surface area contributed by atoms with Crippen molar-refractivity contribution in [3.8, 4) is 0 Å². The van der Waals surface area contributed by atoms with E-state index in [1.807, 2.05) is 41.5 Å². The Morgan fingerprint density at radius 1 is 1.25 bits per heavy atom. The van der Waals surface area contributed by atoms with E-state index in [4.69, 9.17) is 4.74 Å². The Hall–Kier alpha value is -1.30. The van der Waals surface area contributed by atoms with Crippen molar-refractivity contribution in [3.63, 3.8) is 0 Å². The van der Waals surface area contributed by atoms with Gasteiger partial charge in [0.25, 0.3) is 0 Å². The van der Waals surface area contributed by atoms with Gasteiger partial charge < -0.3 is 20.3 Å². The van der Waals surface area contributed by atoms with Gasteiger partial charge >= 0.3 is 6.09 Å². The van der Waals surface area contributed by atoms with Gasteiger partial charge in [-0.05, 0) is 41.5 Å². The molecule has 0 aromatic heterocycles. The Morgan fingerprint density at radius 2 is 1.80 bits per heavy atom. The number of alkyl carbamates (subject to hydrolysis) is 1. The zero-order valence-electron chi connectivity index (χ0n) is 13.7. The van der Waals surface area contributed by atoms with E-state index in [0.717, 1.165) is 0 Å². The van der Waals surface area contributed by atoms with E-state index in [9.17, 15) is 9.59 Å². The molecule has 0 fully saturated rings. The predicted octanol–water partition coefficient (Wildman–Crippen LogP) is 1.36. The molecule has 0 saturated heterocycles. The molecule has 2 N–H and O–H groups in total. The van der Waals surface area contributed by atoms with Crippen molar-refractivity contribution in [2.45, 2.75) is 59.2 Å². The Morgan fingerprint density at radius 3 is 2.25 bits per heavy atom.